The zero-order valence-corrected chi connectivity index (χ0v) is 33.3. The molecule has 24 heteroatoms. The largest absolute Gasteiger partial charge is 0.481 e. The lowest BCUT2D eigenvalue weighted by atomic mass is 9.92. The highest BCUT2D eigenvalue weighted by Crippen LogP contribution is 2.19. The third kappa shape index (κ3) is 15.7. The van der Waals surface area contributed by atoms with Crippen molar-refractivity contribution in [2.75, 3.05) is 16.8 Å². The molecule has 0 spiro atoms. The van der Waals surface area contributed by atoms with E-state index in [2.05, 4.69) is 48.5 Å². The summed E-state index contributed by atoms with van der Waals surface area (Å²) in [4.78, 5) is 136. The van der Waals surface area contributed by atoms with Crippen LogP contribution in [0.4, 0.5) is 11.6 Å². The Kier molecular flexibility index (Phi) is 18.4. The van der Waals surface area contributed by atoms with Gasteiger partial charge in [-0.2, -0.15) is 17.6 Å². The number of nitrogens with one attached hydrogen (secondary N) is 4. The lowest BCUT2D eigenvalue weighted by Crippen LogP contribution is -2.46. The molecule has 0 saturated carbocycles. The van der Waals surface area contributed by atoms with Gasteiger partial charge in [0.05, 0.1) is 42.7 Å². The molecule has 0 aliphatic carbocycles. The number of aliphatic carboxylic acids is 4. The Hall–Kier alpha value is -6.82. The van der Waals surface area contributed by atoms with E-state index in [-0.39, 0.29) is 67.1 Å². The lowest BCUT2D eigenvalue weighted by Gasteiger charge is -2.19. The molecule has 1 aromatic carbocycles. The van der Waals surface area contributed by atoms with Crippen molar-refractivity contribution in [3.63, 3.8) is 0 Å². The van der Waals surface area contributed by atoms with Gasteiger partial charge in [-0.1, -0.05) is 0 Å². The Morgan fingerprint density at radius 2 is 1.43 bits per heavy atom. The molecule has 328 valence electrons. The minimum atomic E-state index is -1.54. The molecule has 12 N–H and O–H groups in total. The number of carbonyl (C=O) groups excluding carboxylic acids is 5. The van der Waals surface area contributed by atoms with Crippen LogP contribution in [0, 0.1) is 11.8 Å². The fourth-order valence-corrected chi connectivity index (χ4v) is 6.00. The smallest absolute Gasteiger partial charge is 0.327 e. The van der Waals surface area contributed by atoms with Gasteiger partial charge in [0.2, 0.25) is 17.8 Å². The summed E-state index contributed by atoms with van der Waals surface area (Å²) in [5, 5.41) is 45.0. The van der Waals surface area contributed by atoms with Gasteiger partial charge in [-0.25, -0.2) is 19.6 Å². The van der Waals surface area contributed by atoms with Crippen LogP contribution < -0.4 is 33.0 Å². The number of aromatic amines is 1. The number of nitrogen functional groups attached to an aromatic ring is 1. The lowest BCUT2D eigenvalue weighted by molar-refractivity contribution is -0.144. The highest BCUT2D eigenvalue weighted by Gasteiger charge is 2.31. The van der Waals surface area contributed by atoms with Crippen molar-refractivity contribution < 1.29 is 63.6 Å². The van der Waals surface area contributed by atoms with E-state index >= 15 is 0 Å². The van der Waals surface area contributed by atoms with Gasteiger partial charge in [0.1, 0.15) is 23.7 Å². The number of carboxylic acid groups (broad SMARTS) is 4. The first kappa shape index (κ1) is 48.5. The zero-order valence-electron chi connectivity index (χ0n) is 32.4. The monoisotopic (exact) mass is 871 g/mol. The quantitative estimate of drug-likeness (QED) is 0.0341. The van der Waals surface area contributed by atoms with Gasteiger partial charge in [-0.15, -0.1) is 0 Å². The van der Waals surface area contributed by atoms with Gasteiger partial charge in [-0.05, 0) is 43.5 Å². The SMILES string of the molecule is Nc1nc2ncc(CNc3ccc(C(=O)C[C@@H](CCC(=O)N[C@H](CCC(=O)CC[C@H](N)C(=O)C[C@@H](CC(=O)O)C(=O)N[C@@H](CS)C(=O)O)C(=O)O)C(=O)O)cc3)nc2c(=O)[nH]1. The molecule has 61 heavy (non-hydrogen) atoms. The van der Waals surface area contributed by atoms with Gasteiger partial charge in [0, 0.05) is 49.1 Å². The summed E-state index contributed by atoms with van der Waals surface area (Å²) in [7, 11) is 0. The molecule has 0 aliphatic heterocycles. The first-order valence-corrected chi connectivity index (χ1v) is 19.2. The van der Waals surface area contributed by atoms with Crippen LogP contribution in [0.2, 0.25) is 0 Å². The van der Waals surface area contributed by atoms with E-state index < -0.39 is 114 Å². The van der Waals surface area contributed by atoms with Crippen LogP contribution in [0.3, 0.4) is 0 Å². The molecule has 0 radical (unpaired) electrons. The average Bonchev–Trinajstić information content (AvgIpc) is 3.20. The number of fused-ring (bicyclic) bond motifs is 1. The van der Waals surface area contributed by atoms with E-state index in [9.17, 15) is 58.2 Å². The Morgan fingerprint density at radius 1 is 0.770 bits per heavy atom. The van der Waals surface area contributed by atoms with E-state index in [1.807, 2.05) is 0 Å². The molecule has 0 unspecified atom stereocenters. The summed E-state index contributed by atoms with van der Waals surface area (Å²) in [5.41, 5.74) is 12.1. The summed E-state index contributed by atoms with van der Waals surface area (Å²) < 4.78 is 0. The average molecular weight is 872 g/mol. The number of ketones is 3. The van der Waals surface area contributed by atoms with Crippen LogP contribution in [0.1, 0.15) is 73.8 Å². The van der Waals surface area contributed by atoms with Gasteiger partial charge in [0.15, 0.2) is 16.9 Å². The van der Waals surface area contributed by atoms with Gasteiger partial charge in [-0.3, -0.25) is 43.3 Å². The Morgan fingerprint density at radius 3 is 2.03 bits per heavy atom. The number of amides is 2. The molecule has 23 nitrogen and oxygen atoms in total. The molecule has 0 aliphatic rings. The number of nitrogens with zero attached hydrogens (tertiary/aromatic N) is 3. The molecule has 2 aromatic heterocycles. The summed E-state index contributed by atoms with van der Waals surface area (Å²) in [6, 6.07) is 1.78. The van der Waals surface area contributed by atoms with Crippen LogP contribution in [-0.2, 0) is 44.9 Å². The molecule has 3 rings (SSSR count). The van der Waals surface area contributed by atoms with Crippen LogP contribution in [0.5, 0.6) is 0 Å². The second kappa shape index (κ2) is 23.1. The molecule has 3 aromatic rings. The van der Waals surface area contributed by atoms with E-state index in [1.54, 1.807) is 12.1 Å². The second-order valence-electron chi connectivity index (χ2n) is 13.8. The minimum Gasteiger partial charge on any atom is -0.481 e. The number of nitrogens with two attached hydrogens (primary N) is 2. The number of thiol groups is 1. The Bertz CT molecular complexity index is 2200. The Labute approximate surface area is 350 Å². The molecule has 0 fully saturated rings. The van der Waals surface area contributed by atoms with Crippen molar-refractivity contribution in [3.8, 4) is 0 Å². The fourth-order valence-electron chi connectivity index (χ4n) is 5.75. The number of benzene rings is 1. The molecule has 2 amide bonds. The zero-order chi connectivity index (χ0) is 45.4. The standard InChI is InChI=1S/C37H45N9O14S/c38-23(27(49)12-19(13-29(51)52)32(53)44-25(16-61)36(59)60)8-6-22(47)7-9-24(35(57)58)43-28(50)10-3-18(34(55)56)11-26(48)17-1-4-20(5-2-17)40-14-21-15-41-31-30(42-21)33(54)46-37(39)45-31/h1-2,4-5,15,18-19,23-25,40,61H,3,6-14,16,38H2,(H,43,50)(H,44,53)(H,51,52)(H,55,56)(H,57,58)(H,59,60)(H3,39,41,45,46,54)/t18-,19+,23+,24-,25+/m1/s1. The number of hydrogen-bond donors (Lipinski definition) is 11. The van der Waals surface area contributed by atoms with E-state index in [0.717, 1.165) is 0 Å². The highest BCUT2D eigenvalue weighted by molar-refractivity contribution is 7.80. The maximum atomic E-state index is 13.0. The number of aromatic nitrogens is 4. The van der Waals surface area contributed by atoms with Crippen molar-refractivity contribution in [3.05, 3.63) is 52.1 Å². The van der Waals surface area contributed by atoms with Crippen molar-refractivity contribution in [2.24, 2.45) is 17.6 Å². The van der Waals surface area contributed by atoms with Gasteiger partial charge >= 0.3 is 23.9 Å². The highest BCUT2D eigenvalue weighted by atomic mass is 32.1. The molecule has 2 heterocycles. The van der Waals surface area contributed by atoms with Gasteiger partial charge in [0.25, 0.3) is 5.56 Å². The van der Waals surface area contributed by atoms with E-state index in [0.29, 0.717) is 11.4 Å². The predicted octanol–water partition coefficient (Wildman–Crippen LogP) is -0.463. The second-order valence-corrected chi connectivity index (χ2v) is 14.2. The number of carboxylic acids is 4. The number of rotatable bonds is 27. The number of anilines is 2. The van der Waals surface area contributed by atoms with Crippen molar-refractivity contribution in [2.45, 2.75) is 82.5 Å². The number of Topliss-reactive ketones (excluding diaryl/α,β-unsaturated/α-hetero) is 3. The predicted molar refractivity (Wildman–Crippen MR) is 215 cm³/mol. The topological polar surface area (TPSA) is 394 Å². The third-order valence-electron chi connectivity index (χ3n) is 9.20. The van der Waals surface area contributed by atoms with E-state index in [4.69, 9.17) is 21.7 Å². The van der Waals surface area contributed by atoms with Crippen molar-refractivity contribution in [1.29, 1.82) is 0 Å². The number of hydrogen-bond acceptors (Lipinski definition) is 17. The summed E-state index contributed by atoms with van der Waals surface area (Å²) in [6.45, 7) is 0.153. The third-order valence-corrected chi connectivity index (χ3v) is 9.56. The van der Waals surface area contributed by atoms with Crippen LogP contribution >= 0.6 is 12.6 Å². The molecular formula is C37H45N9O14S. The van der Waals surface area contributed by atoms with Crippen molar-refractivity contribution >= 4 is 88.5 Å². The molecular weight excluding hydrogens is 827 g/mol. The molecule has 5 atom stereocenters. The van der Waals surface area contributed by atoms with E-state index in [1.165, 1.54) is 18.3 Å². The fraction of sp³-hybridized carbons (Fsp3) is 0.432. The van der Waals surface area contributed by atoms with Crippen LogP contribution in [-0.4, -0.2) is 117 Å². The summed E-state index contributed by atoms with van der Waals surface area (Å²) in [5.74, 6) is -12.5. The molecule has 0 saturated heterocycles. The van der Waals surface area contributed by atoms with Crippen LogP contribution in [0.25, 0.3) is 11.2 Å². The van der Waals surface area contributed by atoms with Crippen LogP contribution in [0.15, 0.2) is 35.3 Å². The maximum absolute atomic E-state index is 13.0. The first-order valence-electron chi connectivity index (χ1n) is 18.6. The Balaban J connectivity index is 1.45. The number of H-pyrrole nitrogens is 1. The van der Waals surface area contributed by atoms with Gasteiger partial charge < -0.3 is 47.8 Å². The summed E-state index contributed by atoms with van der Waals surface area (Å²) in [6.07, 6.45) is -2.57. The normalized spacial score (nSPS) is 13.5. The first-order chi connectivity index (χ1) is 28.8. The molecule has 0 bridgehead atoms. The number of carbonyl (C=O) groups is 9. The summed E-state index contributed by atoms with van der Waals surface area (Å²) >= 11 is 3.81. The minimum absolute atomic E-state index is 0.00135. The van der Waals surface area contributed by atoms with Crippen molar-refractivity contribution in [1.82, 2.24) is 30.6 Å². The maximum Gasteiger partial charge on any atom is 0.327 e.